The van der Waals surface area contributed by atoms with Gasteiger partial charge in [0.05, 0.1) is 6.54 Å². The van der Waals surface area contributed by atoms with Crippen LogP contribution in [-0.2, 0) is 6.54 Å². The number of rotatable bonds is 3. The third-order valence-electron chi connectivity index (χ3n) is 2.24. The number of amides is 1. The van der Waals surface area contributed by atoms with E-state index in [1.165, 1.54) is 11.3 Å². The molecule has 0 aliphatic heterocycles. The number of aliphatic hydroxyl groups excluding tert-OH is 1. The Kier molecular flexibility index (Phi) is 4.53. The third kappa shape index (κ3) is 3.20. The molecule has 0 aliphatic rings. The van der Waals surface area contributed by atoms with Crippen LogP contribution in [0, 0.1) is 11.8 Å². The molecule has 0 fully saturated rings. The van der Waals surface area contributed by atoms with E-state index in [0.717, 1.165) is 10.4 Å². The lowest BCUT2D eigenvalue weighted by atomic mass is 10.2. The molecule has 0 aromatic carbocycles. The van der Waals surface area contributed by atoms with E-state index in [0.29, 0.717) is 12.1 Å². The minimum Gasteiger partial charge on any atom is -0.384 e. The Morgan fingerprint density at radius 1 is 1.39 bits per heavy atom. The zero-order valence-electron chi connectivity index (χ0n) is 9.47. The Labute approximate surface area is 113 Å². The number of carbonyl (C=O) groups excluding carboxylic acids is 1. The summed E-state index contributed by atoms with van der Waals surface area (Å²) in [5.41, 5.74) is 1.54. The molecule has 0 radical (unpaired) electrons. The first-order valence-electron chi connectivity index (χ1n) is 5.27. The molecule has 0 saturated heterocycles. The molecule has 5 heteroatoms. The van der Waals surface area contributed by atoms with E-state index in [1.807, 2.05) is 22.2 Å². The first-order chi connectivity index (χ1) is 8.81. The molecule has 18 heavy (non-hydrogen) atoms. The summed E-state index contributed by atoms with van der Waals surface area (Å²) in [5.74, 6) is 5.39. The second kappa shape index (κ2) is 6.36. The molecule has 0 atom stereocenters. The van der Waals surface area contributed by atoms with Gasteiger partial charge in [0.25, 0.3) is 5.91 Å². The van der Waals surface area contributed by atoms with Crippen molar-refractivity contribution in [3.63, 3.8) is 0 Å². The first kappa shape index (κ1) is 12.8. The van der Waals surface area contributed by atoms with E-state index < -0.39 is 0 Å². The molecule has 2 aromatic heterocycles. The maximum absolute atomic E-state index is 11.8. The van der Waals surface area contributed by atoms with Crippen LogP contribution in [0.2, 0.25) is 0 Å². The molecule has 2 aromatic rings. The Balaban J connectivity index is 1.98. The lowest BCUT2D eigenvalue weighted by Crippen LogP contribution is -2.22. The van der Waals surface area contributed by atoms with Crippen LogP contribution in [0.25, 0.3) is 0 Å². The van der Waals surface area contributed by atoms with Crippen LogP contribution in [0.15, 0.2) is 28.3 Å². The Hall–Kier alpha value is -1.61. The van der Waals surface area contributed by atoms with Crippen LogP contribution >= 0.6 is 22.7 Å². The van der Waals surface area contributed by atoms with E-state index >= 15 is 0 Å². The molecule has 2 N–H and O–H groups in total. The van der Waals surface area contributed by atoms with Crippen LogP contribution in [-0.4, -0.2) is 17.6 Å². The molecule has 2 heterocycles. The van der Waals surface area contributed by atoms with Gasteiger partial charge in [-0.05, 0) is 22.9 Å². The van der Waals surface area contributed by atoms with Gasteiger partial charge in [-0.15, -0.1) is 11.3 Å². The van der Waals surface area contributed by atoms with Crippen molar-refractivity contribution in [3.8, 4) is 11.8 Å². The van der Waals surface area contributed by atoms with Gasteiger partial charge in [0.15, 0.2) is 0 Å². The molecular weight excluding hydrogens is 266 g/mol. The zero-order chi connectivity index (χ0) is 12.8. The van der Waals surface area contributed by atoms with Crippen LogP contribution in [0.3, 0.4) is 0 Å². The largest absolute Gasteiger partial charge is 0.384 e. The van der Waals surface area contributed by atoms with Crippen LogP contribution < -0.4 is 5.32 Å². The van der Waals surface area contributed by atoms with Crippen molar-refractivity contribution in [1.29, 1.82) is 0 Å². The summed E-state index contributed by atoms with van der Waals surface area (Å²) >= 11 is 3.04. The van der Waals surface area contributed by atoms with Crippen molar-refractivity contribution in [2.24, 2.45) is 0 Å². The minimum atomic E-state index is -0.156. The SMILES string of the molecule is O=C(NCc1sccc1C#CCO)c1ccsc1. The van der Waals surface area contributed by atoms with E-state index in [1.54, 1.807) is 17.4 Å². The maximum Gasteiger partial charge on any atom is 0.252 e. The number of thiophene rings is 2. The molecule has 1 amide bonds. The predicted molar refractivity (Wildman–Crippen MR) is 73.8 cm³/mol. The lowest BCUT2D eigenvalue weighted by Gasteiger charge is -2.02. The highest BCUT2D eigenvalue weighted by molar-refractivity contribution is 7.10. The Bertz CT molecular complexity index is 576. The quantitative estimate of drug-likeness (QED) is 0.844. The molecule has 0 unspecified atom stereocenters. The van der Waals surface area contributed by atoms with Crippen molar-refractivity contribution in [2.75, 3.05) is 6.61 Å². The highest BCUT2D eigenvalue weighted by Crippen LogP contribution is 2.15. The molecule has 0 bridgehead atoms. The van der Waals surface area contributed by atoms with Gasteiger partial charge in [-0.25, -0.2) is 0 Å². The molecule has 2 rings (SSSR count). The second-order valence-corrected chi connectivity index (χ2v) is 5.19. The van der Waals surface area contributed by atoms with Gasteiger partial charge < -0.3 is 10.4 Å². The maximum atomic E-state index is 11.8. The van der Waals surface area contributed by atoms with Gasteiger partial charge in [0, 0.05) is 21.4 Å². The molecule has 0 aliphatic carbocycles. The summed E-state index contributed by atoms with van der Waals surface area (Å²) in [7, 11) is 0. The van der Waals surface area contributed by atoms with Gasteiger partial charge in [0.1, 0.15) is 6.61 Å². The van der Waals surface area contributed by atoms with Crippen molar-refractivity contribution in [2.45, 2.75) is 6.54 Å². The van der Waals surface area contributed by atoms with Gasteiger partial charge in [-0.2, -0.15) is 11.3 Å². The topological polar surface area (TPSA) is 49.3 Å². The summed E-state index contributed by atoms with van der Waals surface area (Å²) in [6.07, 6.45) is 0. The summed E-state index contributed by atoms with van der Waals surface area (Å²) in [6.45, 7) is 0.304. The molecule has 0 spiro atoms. The number of nitrogens with one attached hydrogen (secondary N) is 1. The number of aliphatic hydroxyl groups is 1. The van der Waals surface area contributed by atoms with E-state index in [2.05, 4.69) is 17.2 Å². The van der Waals surface area contributed by atoms with E-state index in [-0.39, 0.29) is 12.5 Å². The Morgan fingerprint density at radius 3 is 3.00 bits per heavy atom. The third-order valence-corrected chi connectivity index (χ3v) is 3.84. The van der Waals surface area contributed by atoms with Crippen LogP contribution in [0.4, 0.5) is 0 Å². The molecule has 92 valence electrons. The van der Waals surface area contributed by atoms with Crippen molar-refractivity contribution >= 4 is 28.6 Å². The van der Waals surface area contributed by atoms with Gasteiger partial charge in [0.2, 0.25) is 0 Å². The number of carbonyl (C=O) groups is 1. The number of hydrogen-bond donors (Lipinski definition) is 2. The lowest BCUT2D eigenvalue weighted by molar-refractivity contribution is 0.0952. The Morgan fingerprint density at radius 2 is 2.28 bits per heavy atom. The molecular formula is C13H11NO2S2. The number of hydrogen-bond acceptors (Lipinski definition) is 4. The summed E-state index contributed by atoms with van der Waals surface area (Å²) < 4.78 is 0. The summed E-state index contributed by atoms with van der Waals surface area (Å²) in [5, 5.41) is 17.1. The van der Waals surface area contributed by atoms with Crippen molar-refractivity contribution < 1.29 is 9.90 Å². The van der Waals surface area contributed by atoms with Gasteiger partial charge >= 0.3 is 0 Å². The minimum absolute atomic E-state index is 0.0780. The van der Waals surface area contributed by atoms with Gasteiger partial charge in [-0.3, -0.25) is 4.79 Å². The van der Waals surface area contributed by atoms with Crippen LogP contribution in [0.1, 0.15) is 20.8 Å². The highest BCUT2D eigenvalue weighted by atomic mass is 32.1. The average molecular weight is 277 g/mol. The van der Waals surface area contributed by atoms with E-state index in [9.17, 15) is 4.79 Å². The molecule has 0 saturated carbocycles. The van der Waals surface area contributed by atoms with E-state index in [4.69, 9.17) is 5.11 Å². The van der Waals surface area contributed by atoms with Gasteiger partial charge in [-0.1, -0.05) is 11.8 Å². The fraction of sp³-hybridized carbons (Fsp3) is 0.154. The molecule has 3 nitrogen and oxygen atoms in total. The summed E-state index contributed by atoms with van der Waals surface area (Å²) in [4.78, 5) is 12.8. The fourth-order valence-electron chi connectivity index (χ4n) is 1.38. The van der Waals surface area contributed by atoms with Crippen molar-refractivity contribution in [3.05, 3.63) is 44.3 Å². The van der Waals surface area contributed by atoms with Crippen LogP contribution in [0.5, 0.6) is 0 Å². The zero-order valence-corrected chi connectivity index (χ0v) is 11.1. The monoisotopic (exact) mass is 277 g/mol. The summed E-state index contributed by atoms with van der Waals surface area (Å²) in [6, 6.07) is 3.68. The van der Waals surface area contributed by atoms with Crippen molar-refractivity contribution in [1.82, 2.24) is 5.32 Å². The average Bonchev–Trinajstić information content (AvgIpc) is 3.04. The normalized spacial score (nSPS) is 9.61. The second-order valence-electron chi connectivity index (χ2n) is 3.41. The smallest absolute Gasteiger partial charge is 0.252 e. The predicted octanol–water partition coefficient (Wildman–Crippen LogP) is 2.08. The fourth-order valence-corrected chi connectivity index (χ4v) is 2.79. The highest BCUT2D eigenvalue weighted by Gasteiger charge is 2.07. The standard InChI is InChI=1S/C13H11NO2S2/c15-5-1-2-10-4-7-18-12(10)8-14-13(16)11-3-6-17-9-11/h3-4,6-7,9,15H,5,8H2,(H,14,16). The first-order valence-corrected chi connectivity index (χ1v) is 7.10.